The Hall–Kier alpha value is -1.30. The van der Waals surface area contributed by atoms with E-state index in [1.807, 2.05) is 0 Å². The summed E-state index contributed by atoms with van der Waals surface area (Å²) in [5.41, 5.74) is 0. The minimum atomic E-state index is 0.147. The van der Waals surface area contributed by atoms with Gasteiger partial charge in [0.15, 0.2) is 5.96 Å². The normalized spacial score (nSPS) is 20.6. The van der Waals surface area contributed by atoms with Gasteiger partial charge in [-0.3, -0.25) is 9.79 Å². The number of nitrogens with zero attached hydrogens (tertiary/aromatic N) is 2. The Kier molecular flexibility index (Phi) is 9.08. The highest BCUT2D eigenvalue weighted by Crippen LogP contribution is 2.17. The third kappa shape index (κ3) is 8.08. The second kappa shape index (κ2) is 11.3. The summed E-state index contributed by atoms with van der Waals surface area (Å²) in [7, 11) is 1.78. The highest BCUT2D eigenvalue weighted by molar-refractivity contribution is 5.81. The fraction of sp³-hybridized carbons (Fsp3) is 0.895. The van der Waals surface area contributed by atoms with E-state index in [0.717, 1.165) is 44.2 Å². The van der Waals surface area contributed by atoms with Crippen molar-refractivity contribution in [2.24, 2.45) is 10.9 Å². The SMILES string of the molecule is CN=C(NCCCN1CCC(C)CC1)NCCC(=O)NC1CCCC1. The third-order valence-corrected chi connectivity index (χ3v) is 5.41. The van der Waals surface area contributed by atoms with Crippen molar-refractivity contribution in [2.45, 2.75) is 64.3 Å². The molecule has 1 heterocycles. The van der Waals surface area contributed by atoms with Gasteiger partial charge in [-0.05, 0) is 57.7 Å². The largest absolute Gasteiger partial charge is 0.356 e. The van der Waals surface area contributed by atoms with Crippen LogP contribution in [0.15, 0.2) is 4.99 Å². The molecular weight excluding hydrogens is 314 g/mol. The quantitative estimate of drug-likeness (QED) is 0.354. The van der Waals surface area contributed by atoms with E-state index in [4.69, 9.17) is 0 Å². The molecule has 6 heteroatoms. The minimum Gasteiger partial charge on any atom is -0.356 e. The summed E-state index contributed by atoms with van der Waals surface area (Å²) < 4.78 is 0. The molecule has 2 fully saturated rings. The molecular formula is C19H37N5O. The maximum absolute atomic E-state index is 11.9. The Morgan fingerprint density at radius 1 is 1.08 bits per heavy atom. The van der Waals surface area contributed by atoms with Crippen molar-refractivity contribution < 1.29 is 4.79 Å². The van der Waals surface area contributed by atoms with Gasteiger partial charge in [-0.2, -0.15) is 0 Å². The minimum absolute atomic E-state index is 0.147. The molecule has 1 aliphatic heterocycles. The second-order valence-electron chi connectivity index (χ2n) is 7.60. The predicted octanol–water partition coefficient (Wildman–Crippen LogP) is 1.72. The van der Waals surface area contributed by atoms with E-state index in [-0.39, 0.29) is 5.91 Å². The van der Waals surface area contributed by atoms with Gasteiger partial charge >= 0.3 is 0 Å². The van der Waals surface area contributed by atoms with Crippen LogP contribution in [0.1, 0.15) is 58.3 Å². The molecule has 0 aromatic carbocycles. The smallest absolute Gasteiger partial charge is 0.221 e. The van der Waals surface area contributed by atoms with Crippen LogP contribution in [0.4, 0.5) is 0 Å². The summed E-state index contributed by atoms with van der Waals surface area (Å²) in [6, 6.07) is 0.405. The van der Waals surface area contributed by atoms with Crippen molar-refractivity contribution in [3.8, 4) is 0 Å². The Morgan fingerprint density at radius 2 is 1.76 bits per heavy atom. The maximum Gasteiger partial charge on any atom is 0.221 e. The van der Waals surface area contributed by atoms with Gasteiger partial charge in [0, 0.05) is 32.6 Å². The molecule has 3 N–H and O–H groups in total. The lowest BCUT2D eigenvalue weighted by Gasteiger charge is -2.30. The fourth-order valence-electron chi connectivity index (χ4n) is 3.68. The van der Waals surface area contributed by atoms with Gasteiger partial charge in [-0.25, -0.2) is 0 Å². The number of guanidine groups is 1. The number of aliphatic imine (C=N–C) groups is 1. The second-order valence-corrected chi connectivity index (χ2v) is 7.60. The van der Waals surface area contributed by atoms with Crippen LogP contribution in [0.25, 0.3) is 0 Å². The lowest BCUT2D eigenvalue weighted by atomic mass is 9.99. The standard InChI is InChI=1S/C19H37N5O/c1-16-9-14-24(15-10-16)13-5-11-21-19(20-2)22-12-8-18(25)23-17-6-3-4-7-17/h16-17H,3-15H2,1-2H3,(H,23,25)(H2,20,21,22). The van der Waals surface area contributed by atoms with Crippen LogP contribution in [-0.2, 0) is 4.79 Å². The molecule has 0 aromatic heterocycles. The topological polar surface area (TPSA) is 68.8 Å². The van der Waals surface area contributed by atoms with Gasteiger partial charge in [0.05, 0.1) is 0 Å². The van der Waals surface area contributed by atoms with Gasteiger partial charge in [-0.1, -0.05) is 19.8 Å². The van der Waals surface area contributed by atoms with Crippen molar-refractivity contribution in [1.82, 2.24) is 20.9 Å². The monoisotopic (exact) mass is 351 g/mol. The maximum atomic E-state index is 11.9. The van der Waals surface area contributed by atoms with E-state index in [1.165, 1.54) is 38.8 Å². The van der Waals surface area contributed by atoms with Gasteiger partial charge in [-0.15, -0.1) is 0 Å². The average molecular weight is 352 g/mol. The zero-order valence-electron chi connectivity index (χ0n) is 16.1. The average Bonchev–Trinajstić information content (AvgIpc) is 3.11. The van der Waals surface area contributed by atoms with E-state index in [0.29, 0.717) is 19.0 Å². The van der Waals surface area contributed by atoms with E-state index >= 15 is 0 Å². The van der Waals surface area contributed by atoms with E-state index in [2.05, 4.69) is 32.8 Å². The third-order valence-electron chi connectivity index (χ3n) is 5.41. The molecule has 1 amide bonds. The Morgan fingerprint density at radius 3 is 2.44 bits per heavy atom. The molecule has 1 saturated heterocycles. The van der Waals surface area contributed by atoms with Crippen molar-refractivity contribution in [1.29, 1.82) is 0 Å². The number of piperidine rings is 1. The van der Waals surface area contributed by atoms with Crippen LogP contribution in [-0.4, -0.2) is 62.6 Å². The van der Waals surface area contributed by atoms with E-state index in [9.17, 15) is 4.79 Å². The lowest BCUT2D eigenvalue weighted by Crippen LogP contribution is -2.41. The summed E-state index contributed by atoms with van der Waals surface area (Å²) in [5, 5.41) is 9.70. The molecule has 2 aliphatic rings. The van der Waals surface area contributed by atoms with Crippen molar-refractivity contribution in [2.75, 3.05) is 39.8 Å². The Labute approximate surface area is 153 Å². The number of carbonyl (C=O) groups excluding carboxylic acids is 1. The van der Waals surface area contributed by atoms with Gasteiger partial charge in [0.2, 0.25) is 5.91 Å². The molecule has 25 heavy (non-hydrogen) atoms. The Bertz CT molecular complexity index is 412. The first kappa shape index (κ1) is 20.0. The summed E-state index contributed by atoms with van der Waals surface area (Å²) in [4.78, 5) is 18.7. The molecule has 6 nitrogen and oxygen atoms in total. The molecule has 0 atom stereocenters. The molecule has 0 aromatic rings. The van der Waals surface area contributed by atoms with Crippen LogP contribution in [0, 0.1) is 5.92 Å². The van der Waals surface area contributed by atoms with Gasteiger partial charge in [0.1, 0.15) is 0 Å². The number of amides is 1. The van der Waals surface area contributed by atoms with Crippen LogP contribution >= 0.6 is 0 Å². The van der Waals surface area contributed by atoms with Crippen molar-refractivity contribution in [3.63, 3.8) is 0 Å². The molecule has 0 radical (unpaired) electrons. The number of hydrogen-bond donors (Lipinski definition) is 3. The zero-order valence-corrected chi connectivity index (χ0v) is 16.1. The molecule has 2 rings (SSSR count). The number of carbonyl (C=O) groups is 1. The Balaban J connectivity index is 1.49. The van der Waals surface area contributed by atoms with Gasteiger partial charge in [0.25, 0.3) is 0 Å². The zero-order chi connectivity index (χ0) is 17.9. The molecule has 1 aliphatic carbocycles. The summed E-state index contributed by atoms with van der Waals surface area (Å²) in [6.45, 7) is 7.53. The van der Waals surface area contributed by atoms with Crippen molar-refractivity contribution in [3.05, 3.63) is 0 Å². The van der Waals surface area contributed by atoms with Crippen LogP contribution in [0.5, 0.6) is 0 Å². The summed E-state index contributed by atoms with van der Waals surface area (Å²) >= 11 is 0. The highest BCUT2D eigenvalue weighted by atomic mass is 16.1. The molecule has 0 unspecified atom stereocenters. The molecule has 144 valence electrons. The summed E-state index contributed by atoms with van der Waals surface area (Å²) in [5.74, 6) is 1.83. The first-order valence-electron chi connectivity index (χ1n) is 10.1. The van der Waals surface area contributed by atoms with Crippen LogP contribution in [0.3, 0.4) is 0 Å². The van der Waals surface area contributed by atoms with Crippen LogP contribution in [0.2, 0.25) is 0 Å². The molecule has 0 spiro atoms. The number of nitrogens with one attached hydrogen (secondary N) is 3. The van der Waals surface area contributed by atoms with E-state index in [1.54, 1.807) is 7.05 Å². The molecule has 1 saturated carbocycles. The molecule has 0 bridgehead atoms. The van der Waals surface area contributed by atoms with Crippen LogP contribution < -0.4 is 16.0 Å². The lowest BCUT2D eigenvalue weighted by molar-refractivity contribution is -0.121. The first-order chi connectivity index (χ1) is 12.2. The fourth-order valence-corrected chi connectivity index (χ4v) is 3.68. The van der Waals surface area contributed by atoms with E-state index < -0.39 is 0 Å². The first-order valence-corrected chi connectivity index (χ1v) is 10.1. The number of likely N-dealkylation sites (tertiary alicyclic amines) is 1. The number of hydrogen-bond acceptors (Lipinski definition) is 3. The number of rotatable bonds is 8. The van der Waals surface area contributed by atoms with Crippen molar-refractivity contribution >= 4 is 11.9 Å². The summed E-state index contributed by atoms with van der Waals surface area (Å²) in [6.07, 6.45) is 9.06. The predicted molar refractivity (Wildman–Crippen MR) is 104 cm³/mol. The highest BCUT2D eigenvalue weighted by Gasteiger charge is 2.17. The van der Waals surface area contributed by atoms with Gasteiger partial charge < -0.3 is 20.9 Å².